The topological polar surface area (TPSA) is 66.4 Å². The lowest BCUT2D eigenvalue weighted by molar-refractivity contribution is -0.115. The number of fused-ring (bicyclic) bond motifs is 1. The van der Waals surface area contributed by atoms with Crippen LogP contribution in [-0.2, 0) is 26.5 Å². The number of rotatable bonds is 1. The molecule has 0 spiro atoms. The number of nitrogens with one attached hydrogen (secondary N) is 1. The Hall–Kier alpha value is -1.20. The normalized spacial score (nSPS) is 16.5. The lowest BCUT2D eigenvalue weighted by atomic mass is 10.2. The van der Waals surface area contributed by atoms with E-state index in [9.17, 15) is 9.00 Å². The molecule has 68 valence electrons. The van der Waals surface area contributed by atoms with Crippen molar-refractivity contribution in [1.82, 2.24) is 0 Å². The van der Waals surface area contributed by atoms with E-state index in [1.54, 1.807) is 18.2 Å². The van der Waals surface area contributed by atoms with Crippen LogP contribution in [0.15, 0.2) is 23.1 Å². The number of carbonyl (C=O) groups excluding carboxylic acids is 1. The Labute approximate surface area is 77.2 Å². The maximum atomic E-state index is 10.9. The smallest absolute Gasteiger partial charge is 0.235 e. The third kappa shape index (κ3) is 1.48. The summed E-state index contributed by atoms with van der Waals surface area (Å²) in [6.45, 7) is 0. The molecule has 0 saturated carbocycles. The second-order valence-electron chi connectivity index (χ2n) is 2.84. The molecule has 1 aliphatic rings. The van der Waals surface area contributed by atoms with Crippen molar-refractivity contribution in [3.63, 3.8) is 0 Å². The summed E-state index contributed by atoms with van der Waals surface area (Å²) in [5.41, 5.74) is 1.53. The summed E-state index contributed by atoms with van der Waals surface area (Å²) in [5, 5.41) is 2.65. The van der Waals surface area contributed by atoms with Gasteiger partial charge in [0.2, 0.25) is 17.0 Å². The average Bonchev–Trinajstić information content (AvgIpc) is 2.42. The van der Waals surface area contributed by atoms with Gasteiger partial charge in [-0.05, 0) is 17.7 Å². The van der Waals surface area contributed by atoms with E-state index in [2.05, 4.69) is 5.32 Å². The molecule has 0 fully saturated rings. The summed E-state index contributed by atoms with van der Waals surface area (Å²) >= 11 is -2.31. The van der Waals surface area contributed by atoms with E-state index in [0.717, 1.165) is 11.3 Å². The Morgan fingerprint density at radius 3 is 2.92 bits per heavy atom. The quantitative estimate of drug-likeness (QED) is 0.516. The van der Waals surface area contributed by atoms with Gasteiger partial charge in [0.15, 0.2) is 4.90 Å². The van der Waals surface area contributed by atoms with Crippen LogP contribution in [0.4, 0.5) is 5.69 Å². The first-order chi connectivity index (χ1) is 6.16. The number of benzene rings is 1. The van der Waals surface area contributed by atoms with E-state index in [1.807, 2.05) is 0 Å². The van der Waals surface area contributed by atoms with Gasteiger partial charge in [-0.25, -0.2) is 0 Å². The minimum absolute atomic E-state index is 0.0692. The molecule has 0 aromatic heterocycles. The highest BCUT2D eigenvalue weighted by Crippen LogP contribution is 2.24. The van der Waals surface area contributed by atoms with Gasteiger partial charge in [0.25, 0.3) is 0 Å². The highest BCUT2D eigenvalue weighted by Gasteiger charge is 2.19. The van der Waals surface area contributed by atoms with Crippen LogP contribution in [0.25, 0.3) is 0 Å². The molecule has 13 heavy (non-hydrogen) atoms. The van der Waals surface area contributed by atoms with Gasteiger partial charge in [0, 0.05) is 11.8 Å². The van der Waals surface area contributed by atoms with Gasteiger partial charge in [-0.1, -0.05) is 4.21 Å². The van der Waals surface area contributed by atoms with Gasteiger partial charge < -0.3 is 5.32 Å². The van der Waals surface area contributed by atoms with Gasteiger partial charge in [-0.15, -0.1) is 0 Å². The second-order valence-corrected chi connectivity index (χ2v) is 3.90. The number of carbonyl (C=O) groups is 1. The van der Waals surface area contributed by atoms with E-state index < -0.39 is 11.1 Å². The van der Waals surface area contributed by atoms with Gasteiger partial charge in [0.1, 0.15) is 0 Å². The zero-order valence-electron chi connectivity index (χ0n) is 6.65. The third-order valence-electron chi connectivity index (χ3n) is 1.93. The van der Waals surface area contributed by atoms with E-state index in [-0.39, 0.29) is 5.91 Å². The Morgan fingerprint density at radius 1 is 1.46 bits per heavy atom. The van der Waals surface area contributed by atoms with E-state index in [1.165, 1.54) is 0 Å². The van der Waals surface area contributed by atoms with Crippen LogP contribution in [0.1, 0.15) is 5.56 Å². The maximum absolute atomic E-state index is 10.9. The molecule has 1 aliphatic heterocycles. The largest absolute Gasteiger partial charge is 0.326 e. The molecular weight excluding hydrogens is 190 g/mol. The van der Waals surface area contributed by atoms with Crippen LogP contribution in [0, 0.1) is 0 Å². The predicted octanol–water partition coefficient (Wildman–Crippen LogP) is 0.709. The standard InChI is InChI=1S/C8H7NO3S/c10-8-4-5-3-6(13(11)12)1-2-7(5)9-8/h1-3H,4H2,(H,9,10)(H,11,12)/p+1. The van der Waals surface area contributed by atoms with Gasteiger partial charge in [-0.3, -0.25) is 4.79 Å². The van der Waals surface area contributed by atoms with Crippen LogP contribution >= 0.6 is 0 Å². The van der Waals surface area contributed by atoms with Gasteiger partial charge in [-0.2, -0.15) is 4.55 Å². The molecule has 0 saturated heterocycles. The highest BCUT2D eigenvalue weighted by molar-refractivity contribution is 7.79. The maximum Gasteiger partial charge on any atom is 0.235 e. The molecule has 5 heteroatoms. The Bertz CT molecular complexity index is 402. The fourth-order valence-electron chi connectivity index (χ4n) is 1.33. The molecule has 1 heterocycles. The van der Waals surface area contributed by atoms with Crippen molar-refractivity contribution < 1.29 is 13.6 Å². The summed E-state index contributed by atoms with van der Waals surface area (Å²) in [4.78, 5) is 11.3. The van der Waals surface area contributed by atoms with E-state index in [4.69, 9.17) is 4.55 Å². The molecule has 2 N–H and O–H groups in total. The zero-order chi connectivity index (χ0) is 9.42. The first kappa shape index (κ1) is 8.40. The minimum Gasteiger partial charge on any atom is -0.326 e. The fourth-order valence-corrected chi connectivity index (χ4v) is 1.80. The first-order valence-corrected chi connectivity index (χ1v) is 4.97. The van der Waals surface area contributed by atoms with Crippen molar-refractivity contribution >= 4 is 22.7 Å². The molecule has 1 amide bonds. The number of anilines is 1. The second kappa shape index (κ2) is 2.93. The lowest BCUT2D eigenvalue weighted by Crippen LogP contribution is -2.03. The SMILES string of the molecule is O=C1Cc2cc([SH+](=O)O)ccc2N1. The van der Waals surface area contributed by atoms with Crippen LogP contribution in [0.5, 0.6) is 0 Å². The molecule has 1 aromatic rings. The van der Waals surface area contributed by atoms with Crippen molar-refractivity contribution in [2.24, 2.45) is 0 Å². The van der Waals surface area contributed by atoms with E-state index >= 15 is 0 Å². The third-order valence-corrected chi connectivity index (χ3v) is 2.65. The van der Waals surface area contributed by atoms with Crippen LogP contribution < -0.4 is 5.32 Å². The summed E-state index contributed by atoms with van der Waals surface area (Å²) in [6, 6.07) is 4.79. The molecule has 1 aromatic carbocycles. The van der Waals surface area contributed by atoms with Gasteiger partial charge >= 0.3 is 0 Å². The van der Waals surface area contributed by atoms with Crippen LogP contribution in [0.2, 0.25) is 0 Å². The molecule has 1 atom stereocenters. The number of thiol groups is 1. The lowest BCUT2D eigenvalue weighted by Gasteiger charge is -1.95. The Morgan fingerprint density at radius 2 is 2.23 bits per heavy atom. The molecule has 0 aliphatic carbocycles. The van der Waals surface area contributed by atoms with Crippen molar-refractivity contribution in [2.45, 2.75) is 11.3 Å². The number of amides is 1. The fraction of sp³-hybridized carbons (Fsp3) is 0.125. The minimum atomic E-state index is -2.31. The van der Waals surface area contributed by atoms with Crippen LogP contribution in [-0.4, -0.2) is 10.5 Å². The summed E-state index contributed by atoms with van der Waals surface area (Å²) < 4.78 is 19.5. The molecular formula is C8H8NO3S+. The monoisotopic (exact) mass is 198 g/mol. The van der Waals surface area contributed by atoms with Gasteiger partial charge in [0.05, 0.1) is 6.42 Å². The molecule has 0 bridgehead atoms. The number of hydrogen-bond acceptors (Lipinski definition) is 2. The average molecular weight is 198 g/mol. The zero-order valence-corrected chi connectivity index (χ0v) is 7.54. The molecule has 2 rings (SSSR count). The summed E-state index contributed by atoms with van der Waals surface area (Å²) in [6.07, 6.45) is 0.298. The predicted molar refractivity (Wildman–Crippen MR) is 49.1 cm³/mol. The Balaban J connectivity index is 2.45. The molecule has 4 nitrogen and oxygen atoms in total. The van der Waals surface area contributed by atoms with Crippen molar-refractivity contribution in [2.75, 3.05) is 5.32 Å². The summed E-state index contributed by atoms with van der Waals surface area (Å²) in [7, 11) is 0. The van der Waals surface area contributed by atoms with E-state index in [0.29, 0.717) is 11.3 Å². The Kier molecular flexibility index (Phi) is 1.90. The summed E-state index contributed by atoms with van der Waals surface area (Å²) in [5.74, 6) is -0.0692. The molecule has 1 unspecified atom stereocenters. The van der Waals surface area contributed by atoms with Crippen molar-refractivity contribution in [1.29, 1.82) is 0 Å². The van der Waals surface area contributed by atoms with Crippen molar-refractivity contribution in [3.8, 4) is 0 Å². The highest BCUT2D eigenvalue weighted by atomic mass is 32.2. The van der Waals surface area contributed by atoms with Crippen LogP contribution in [0.3, 0.4) is 0 Å². The molecule has 0 radical (unpaired) electrons. The number of hydrogen-bond donors (Lipinski definition) is 2. The van der Waals surface area contributed by atoms with Crippen molar-refractivity contribution in [3.05, 3.63) is 23.8 Å². The first-order valence-electron chi connectivity index (χ1n) is 3.76.